The van der Waals surface area contributed by atoms with Crippen molar-refractivity contribution in [1.29, 1.82) is 0 Å². The fraction of sp³-hybridized carbons (Fsp3) is 0.348. The summed E-state index contributed by atoms with van der Waals surface area (Å²) in [4.78, 5) is 47.7. The molecule has 0 aromatic heterocycles. The van der Waals surface area contributed by atoms with Gasteiger partial charge in [0.2, 0.25) is 0 Å². The number of benzene rings is 2. The first-order valence-electron chi connectivity index (χ1n) is 10.3. The summed E-state index contributed by atoms with van der Waals surface area (Å²) in [6, 6.07) is 9.03. The van der Waals surface area contributed by atoms with Crippen LogP contribution in [-0.4, -0.2) is 49.7 Å². The molecule has 182 valence electrons. The Morgan fingerprint density at radius 1 is 1.03 bits per heavy atom. The molecule has 0 aliphatic heterocycles. The zero-order valence-corrected chi connectivity index (χ0v) is 19.2. The molecule has 0 aliphatic rings. The lowest BCUT2D eigenvalue weighted by Crippen LogP contribution is -2.31. The van der Waals surface area contributed by atoms with Gasteiger partial charge < -0.3 is 24.3 Å². The summed E-state index contributed by atoms with van der Waals surface area (Å²) in [5.41, 5.74) is 0.0145. The van der Waals surface area contributed by atoms with Crippen molar-refractivity contribution in [3.63, 3.8) is 0 Å². The van der Waals surface area contributed by atoms with Crippen LogP contribution in [0.5, 0.6) is 11.5 Å². The molecule has 2 aromatic rings. The van der Waals surface area contributed by atoms with E-state index in [9.17, 15) is 24.5 Å². The fourth-order valence-corrected chi connectivity index (χ4v) is 3.03. The van der Waals surface area contributed by atoms with E-state index in [0.29, 0.717) is 0 Å². The number of nitro benzene ring substituents is 1. The molecular weight excluding hydrogens is 448 g/mol. The van der Waals surface area contributed by atoms with Gasteiger partial charge in [0.15, 0.2) is 18.1 Å². The van der Waals surface area contributed by atoms with Crippen molar-refractivity contribution in [2.45, 2.75) is 32.4 Å². The first-order chi connectivity index (χ1) is 16.2. The number of nitrogens with zero attached hydrogens (tertiary/aromatic N) is 1. The van der Waals surface area contributed by atoms with E-state index >= 15 is 0 Å². The van der Waals surface area contributed by atoms with Gasteiger partial charge in [-0.05, 0) is 32.0 Å². The highest BCUT2D eigenvalue weighted by Gasteiger charge is 2.27. The number of ether oxygens (including phenoxy) is 4. The maximum atomic E-state index is 13.0. The third kappa shape index (κ3) is 7.19. The lowest BCUT2D eigenvalue weighted by molar-refractivity contribution is -0.385. The average molecular weight is 474 g/mol. The van der Waals surface area contributed by atoms with Crippen molar-refractivity contribution in [2.24, 2.45) is 0 Å². The molecule has 0 aliphatic carbocycles. The second-order valence-corrected chi connectivity index (χ2v) is 7.32. The molecule has 1 N–H and O–H groups in total. The zero-order chi connectivity index (χ0) is 25.3. The normalized spacial score (nSPS) is 11.3. The van der Waals surface area contributed by atoms with Crippen molar-refractivity contribution in [2.75, 3.05) is 20.8 Å². The Hall–Kier alpha value is -4.15. The first-order valence-corrected chi connectivity index (χ1v) is 10.3. The zero-order valence-electron chi connectivity index (χ0n) is 19.2. The van der Waals surface area contributed by atoms with Gasteiger partial charge in [-0.25, -0.2) is 4.79 Å². The molecular formula is C23H26N2O9. The van der Waals surface area contributed by atoms with Crippen LogP contribution in [0.25, 0.3) is 0 Å². The number of nitrogens with one attached hydrogen (secondary N) is 1. The minimum absolute atomic E-state index is 0.112. The number of para-hydroxylation sites is 1. The van der Waals surface area contributed by atoms with E-state index in [1.807, 2.05) is 0 Å². The van der Waals surface area contributed by atoms with E-state index < -0.39 is 41.5 Å². The van der Waals surface area contributed by atoms with Crippen molar-refractivity contribution >= 4 is 23.5 Å². The van der Waals surface area contributed by atoms with E-state index in [2.05, 4.69) is 10.1 Å². The van der Waals surface area contributed by atoms with Crippen LogP contribution < -0.4 is 14.8 Å². The summed E-state index contributed by atoms with van der Waals surface area (Å²) in [5, 5.41) is 14.2. The van der Waals surface area contributed by atoms with E-state index in [-0.39, 0.29) is 34.7 Å². The highest BCUT2D eigenvalue weighted by atomic mass is 16.6. The van der Waals surface area contributed by atoms with Crippen molar-refractivity contribution in [3.8, 4) is 11.5 Å². The van der Waals surface area contributed by atoms with Crippen molar-refractivity contribution in [3.05, 3.63) is 63.7 Å². The molecule has 0 fully saturated rings. The van der Waals surface area contributed by atoms with Gasteiger partial charge >= 0.3 is 11.9 Å². The number of hydrogen-bond donors (Lipinski definition) is 1. The Kier molecular flexibility index (Phi) is 9.36. The lowest BCUT2D eigenvalue weighted by Gasteiger charge is -2.20. The number of nitro groups is 1. The monoisotopic (exact) mass is 474 g/mol. The van der Waals surface area contributed by atoms with Crippen LogP contribution in [0, 0.1) is 10.1 Å². The van der Waals surface area contributed by atoms with Crippen LogP contribution >= 0.6 is 0 Å². The van der Waals surface area contributed by atoms with Crippen LogP contribution in [0.4, 0.5) is 5.69 Å². The number of methoxy groups -OCH3 is 2. The molecule has 0 radical (unpaired) electrons. The lowest BCUT2D eigenvalue weighted by atomic mass is 10.0. The molecule has 2 rings (SSSR count). The molecule has 0 saturated carbocycles. The van der Waals surface area contributed by atoms with E-state index in [1.165, 1.54) is 50.6 Å². The molecule has 0 saturated heterocycles. The smallest absolute Gasteiger partial charge is 0.343 e. The number of carbonyl (C=O) groups is 3. The highest BCUT2D eigenvalue weighted by Crippen LogP contribution is 2.30. The number of esters is 2. The quantitative estimate of drug-likeness (QED) is 0.295. The molecule has 1 unspecified atom stereocenters. The summed E-state index contributed by atoms with van der Waals surface area (Å²) < 4.78 is 20.3. The van der Waals surface area contributed by atoms with E-state index in [4.69, 9.17) is 14.2 Å². The topological polar surface area (TPSA) is 143 Å². The number of rotatable bonds is 11. The Morgan fingerprint density at radius 3 is 2.35 bits per heavy atom. The van der Waals surface area contributed by atoms with Gasteiger partial charge in [0.05, 0.1) is 43.3 Å². The fourth-order valence-electron chi connectivity index (χ4n) is 3.03. The van der Waals surface area contributed by atoms with Crippen LogP contribution in [0.2, 0.25) is 0 Å². The molecule has 11 heteroatoms. The van der Waals surface area contributed by atoms with Gasteiger partial charge in [0.1, 0.15) is 0 Å². The second-order valence-electron chi connectivity index (χ2n) is 7.32. The molecule has 1 atom stereocenters. The summed E-state index contributed by atoms with van der Waals surface area (Å²) in [5.74, 6) is -1.50. The van der Waals surface area contributed by atoms with Gasteiger partial charge in [-0.15, -0.1) is 0 Å². The molecule has 2 aromatic carbocycles. The standard InChI is InChI=1S/C23H26N2O9/c1-14(2)34-21(26)12-17(16-7-5-6-8-18(16)25(29)30)24-23(28)15-9-10-19(31-3)20(11-15)33-13-22(27)32-4/h5-11,14,17H,12-13H2,1-4H3,(H,24,28). The average Bonchev–Trinajstić information content (AvgIpc) is 2.81. The highest BCUT2D eigenvalue weighted by molar-refractivity contribution is 5.95. The van der Waals surface area contributed by atoms with Crippen molar-refractivity contribution in [1.82, 2.24) is 5.32 Å². The van der Waals surface area contributed by atoms with Crippen molar-refractivity contribution < 1.29 is 38.3 Å². The predicted molar refractivity (Wildman–Crippen MR) is 120 cm³/mol. The summed E-state index contributed by atoms with van der Waals surface area (Å²) in [6.45, 7) is 2.94. The number of carbonyl (C=O) groups excluding carboxylic acids is 3. The molecule has 0 bridgehead atoms. The van der Waals surface area contributed by atoms with E-state index in [1.54, 1.807) is 19.9 Å². The first kappa shape index (κ1) is 26.1. The molecule has 1 amide bonds. The molecule has 34 heavy (non-hydrogen) atoms. The SMILES string of the molecule is COC(=O)COc1cc(C(=O)NC(CC(=O)OC(C)C)c2ccccc2[N+](=O)[O-])ccc1OC. The third-order valence-electron chi connectivity index (χ3n) is 4.55. The predicted octanol–water partition coefficient (Wildman–Crippen LogP) is 2.97. The second kappa shape index (κ2) is 12.2. The van der Waals surface area contributed by atoms with Gasteiger partial charge in [0, 0.05) is 11.6 Å². The Bertz CT molecular complexity index is 1050. The minimum Gasteiger partial charge on any atom is -0.493 e. The van der Waals surface area contributed by atoms with Gasteiger partial charge in [0.25, 0.3) is 11.6 Å². The summed E-state index contributed by atoms with van der Waals surface area (Å²) in [6.07, 6.45) is -0.720. The van der Waals surface area contributed by atoms with Crippen LogP contribution in [0.1, 0.15) is 42.2 Å². The Morgan fingerprint density at radius 2 is 1.74 bits per heavy atom. The number of hydrogen-bond acceptors (Lipinski definition) is 9. The van der Waals surface area contributed by atoms with Gasteiger partial charge in [-0.3, -0.25) is 19.7 Å². The molecule has 11 nitrogen and oxygen atoms in total. The summed E-state index contributed by atoms with van der Waals surface area (Å²) >= 11 is 0. The Balaban J connectivity index is 2.35. The largest absolute Gasteiger partial charge is 0.493 e. The maximum absolute atomic E-state index is 13.0. The minimum atomic E-state index is -1.04. The number of amides is 1. The van der Waals surface area contributed by atoms with E-state index in [0.717, 1.165) is 0 Å². The van der Waals surface area contributed by atoms with Crippen LogP contribution in [0.15, 0.2) is 42.5 Å². The summed E-state index contributed by atoms with van der Waals surface area (Å²) in [7, 11) is 2.60. The van der Waals surface area contributed by atoms with Gasteiger partial charge in [-0.2, -0.15) is 0 Å². The molecule has 0 spiro atoms. The molecule has 0 heterocycles. The van der Waals surface area contributed by atoms with Crippen LogP contribution in [-0.2, 0) is 19.1 Å². The Labute approximate surface area is 196 Å². The van der Waals surface area contributed by atoms with Crippen LogP contribution in [0.3, 0.4) is 0 Å². The van der Waals surface area contributed by atoms with Gasteiger partial charge in [-0.1, -0.05) is 18.2 Å². The maximum Gasteiger partial charge on any atom is 0.343 e. The third-order valence-corrected chi connectivity index (χ3v) is 4.55.